The fourth-order valence-corrected chi connectivity index (χ4v) is 4.20. The first-order chi connectivity index (χ1) is 16.8. The highest BCUT2D eigenvalue weighted by Gasteiger charge is 2.46. The van der Waals surface area contributed by atoms with E-state index in [1.807, 2.05) is 6.92 Å². The van der Waals surface area contributed by atoms with Gasteiger partial charge in [-0.1, -0.05) is 29.8 Å². The van der Waals surface area contributed by atoms with E-state index in [1.54, 1.807) is 54.6 Å². The van der Waals surface area contributed by atoms with Crippen LogP contribution in [0.1, 0.15) is 29.7 Å². The van der Waals surface area contributed by atoms with Gasteiger partial charge in [0.05, 0.1) is 25.3 Å². The van der Waals surface area contributed by atoms with E-state index < -0.39 is 23.5 Å². The molecule has 35 heavy (non-hydrogen) atoms. The number of amides is 1. The van der Waals surface area contributed by atoms with Gasteiger partial charge in [0.1, 0.15) is 11.6 Å². The van der Waals surface area contributed by atoms with Gasteiger partial charge in [-0.2, -0.15) is 0 Å². The summed E-state index contributed by atoms with van der Waals surface area (Å²) in [5, 5.41) is 11.6. The number of carbonyl (C=O) groups excluding carboxylic acids is 2. The van der Waals surface area contributed by atoms with Gasteiger partial charge in [0.25, 0.3) is 11.7 Å². The predicted octanol–water partition coefficient (Wildman–Crippen LogP) is 5.51. The molecule has 8 heteroatoms. The summed E-state index contributed by atoms with van der Waals surface area (Å²) in [5.41, 5.74) is 1.46. The molecule has 1 fully saturated rings. The zero-order chi connectivity index (χ0) is 25.1. The van der Waals surface area contributed by atoms with Crippen LogP contribution >= 0.6 is 11.6 Å². The number of ether oxygens (including phenoxy) is 2. The van der Waals surface area contributed by atoms with Crippen molar-refractivity contribution in [3.05, 3.63) is 99.8 Å². The molecule has 0 bridgehead atoms. The van der Waals surface area contributed by atoms with E-state index >= 15 is 0 Å². The van der Waals surface area contributed by atoms with Crippen LogP contribution in [0.5, 0.6) is 11.5 Å². The number of benzene rings is 3. The standard InChI is InChI=1S/C27H23ClFNO5/c1-3-35-22-14-18(8-13-21(22)34-2)24-23(25(31)17-6-9-19(28)10-7-17)26(32)27(33)30(24)15-16-4-11-20(29)12-5-16/h4-14,24,31H,3,15H2,1-2H3/b25-23-. The third-order valence-corrected chi connectivity index (χ3v) is 5.98. The minimum absolute atomic E-state index is 0.0307. The van der Waals surface area contributed by atoms with Gasteiger partial charge >= 0.3 is 0 Å². The van der Waals surface area contributed by atoms with E-state index in [0.29, 0.717) is 39.8 Å². The second-order valence-corrected chi connectivity index (χ2v) is 8.34. The molecule has 1 saturated heterocycles. The van der Waals surface area contributed by atoms with Crippen LogP contribution in [-0.4, -0.2) is 35.4 Å². The van der Waals surface area contributed by atoms with Gasteiger partial charge in [-0.15, -0.1) is 0 Å². The number of Topliss-reactive ketones (excluding diaryl/α,β-unsaturated/α-hetero) is 1. The molecule has 3 aromatic carbocycles. The van der Waals surface area contributed by atoms with Gasteiger partial charge < -0.3 is 19.5 Å². The fourth-order valence-electron chi connectivity index (χ4n) is 4.07. The number of carbonyl (C=O) groups is 2. The molecule has 1 unspecified atom stereocenters. The molecule has 180 valence electrons. The maximum absolute atomic E-state index is 13.4. The van der Waals surface area contributed by atoms with E-state index in [2.05, 4.69) is 0 Å². The van der Waals surface area contributed by atoms with E-state index in [0.717, 1.165) is 0 Å². The van der Waals surface area contributed by atoms with Crippen molar-refractivity contribution in [2.24, 2.45) is 0 Å². The third kappa shape index (κ3) is 4.86. The number of aliphatic hydroxyl groups excluding tert-OH is 1. The summed E-state index contributed by atoms with van der Waals surface area (Å²) >= 11 is 5.97. The molecule has 1 amide bonds. The highest BCUT2D eigenvalue weighted by Crippen LogP contribution is 2.42. The number of aliphatic hydroxyl groups is 1. The molecule has 0 saturated carbocycles. The van der Waals surface area contributed by atoms with Crippen LogP contribution in [0, 0.1) is 5.82 Å². The summed E-state index contributed by atoms with van der Waals surface area (Å²) in [4.78, 5) is 27.7. The fraction of sp³-hybridized carbons (Fsp3) is 0.185. The lowest BCUT2D eigenvalue weighted by molar-refractivity contribution is -0.140. The van der Waals surface area contributed by atoms with Crippen molar-refractivity contribution < 1.29 is 28.6 Å². The maximum atomic E-state index is 13.4. The van der Waals surface area contributed by atoms with E-state index in [4.69, 9.17) is 21.1 Å². The number of rotatable bonds is 7. The first kappa shape index (κ1) is 24.3. The summed E-state index contributed by atoms with van der Waals surface area (Å²) in [6, 6.07) is 16.1. The van der Waals surface area contributed by atoms with Gasteiger partial charge in [-0.3, -0.25) is 9.59 Å². The van der Waals surface area contributed by atoms with E-state index in [1.165, 1.54) is 24.1 Å². The number of methoxy groups -OCH3 is 1. The molecule has 0 radical (unpaired) electrons. The van der Waals surface area contributed by atoms with Crippen molar-refractivity contribution in [3.8, 4) is 11.5 Å². The van der Waals surface area contributed by atoms with E-state index in [-0.39, 0.29) is 17.9 Å². The largest absolute Gasteiger partial charge is 0.507 e. The minimum atomic E-state index is -0.916. The molecule has 1 heterocycles. The molecule has 1 N–H and O–H groups in total. The Balaban J connectivity index is 1.88. The van der Waals surface area contributed by atoms with Crippen molar-refractivity contribution in [1.29, 1.82) is 0 Å². The molecule has 4 rings (SSSR count). The number of hydrogen-bond donors (Lipinski definition) is 1. The minimum Gasteiger partial charge on any atom is -0.507 e. The quantitative estimate of drug-likeness (QED) is 0.266. The van der Waals surface area contributed by atoms with Gasteiger partial charge in [-0.25, -0.2) is 4.39 Å². The second-order valence-electron chi connectivity index (χ2n) is 7.90. The summed E-state index contributed by atoms with van der Waals surface area (Å²) in [6.07, 6.45) is 0. The Bertz CT molecular complexity index is 1290. The lowest BCUT2D eigenvalue weighted by Gasteiger charge is -2.26. The summed E-state index contributed by atoms with van der Waals surface area (Å²) < 4.78 is 24.5. The lowest BCUT2D eigenvalue weighted by Crippen LogP contribution is -2.29. The zero-order valence-corrected chi connectivity index (χ0v) is 19.9. The van der Waals surface area contributed by atoms with Gasteiger partial charge in [0.15, 0.2) is 11.5 Å². The van der Waals surface area contributed by atoms with Crippen molar-refractivity contribution in [2.75, 3.05) is 13.7 Å². The van der Waals surface area contributed by atoms with Gasteiger partial charge in [-0.05, 0) is 66.6 Å². The molecule has 6 nitrogen and oxygen atoms in total. The van der Waals surface area contributed by atoms with Crippen molar-refractivity contribution in [3.63, 3.8) is 0 Å². The van der Waals surface area contributed by atoms with Crippen LogP contribution in [0.25, 0.3) is 5.76 Å². The van der Waals surface area contributed by atoms with Crippen LogP contribution in [0.15, 0.2) is 72.3 Å². The Morgan fingerprint density at radius 1 is 1.03 bits per heavy atom. The number of hydrogen-bond acceptors (Lipinski definition) is 5. The molecule has 3 aromatic rings. The normalized spacial score (nSPS) is 17.0. The molecule has 0 spiro atoms. The lowest BCUT2D eigenvalue weighted by atomic mass is 9.94. The topological polar surface area (TPSA) is 76.1 Å². The first-order valence-corrected chi connectivity index (χ1v) is 11.3. The Labute approximate surface area is 207 Å². The van der Waals surface area contributed by atoms with Crippen molar-refractivity contribution in [2.45, 2.75) is 19.5 Å². The highest BCUT2D eigenvalue weighted by atomic mass is 35.5. The Morgan fingerprint density at radius 2 is 1.71 bits per heavy atom. The van der Waals surface area contributed by atoms with Crippen molar-refractivity contribution >= 4 is 29.1 Å². The first-order valence-electron chi connectivity index (χ1n) is 10.9. The van der Waals surface area contributed by atoms with Crippen LogP contribution in [-0.2, 0) is 16.1 Å². The van der Waals surface area contributed by atoms with Crippen LogP contribution < -0.4 is 9.47 Å². The molecule has 1 aliphatic heterocycles. The summed E-state index contributed by atoms with van der Waals surface area (Å²) in [6.45, 7) is 2.23. The molecule has 1 atom stereocenters. The van der Waals surface area contributed by atoms with Gasteiger partial charge in [0, 0.05) is 17.1 Å². The molecular formula is C27H23ClFNO5. The number of likely N-dealkylation sites (tertiary alicyclic amines) is 1. The predicted molar refractivity (Wildman–Crippen MR) is 130 cm³/mol. The Hall–Kier alpha value is -3.84. The third-order valence-electron chi connectivity index (χ3n) is 5.73. The number of ketones is 1. The average Bonchev–Trinajstić information content (AvgIpc) is 3.10. The molecule has 0 aliphatic carbocycles. The zero-order valence-electron chi connectivity index (χ0n) is 19.1. The average molecular weight is 496 g/mol. The van der Waals surface area contributed by atoms with Crippen LogP contribution in [0.3, 0.4) is 0 Å². The highest BCUT2D eigenvalue weighted by molar-refractivity contribution is 6.46. The van der Waals surface area contributed by atoms with Crippen LogP contribution in [0.4, 0.5) is 4.39 Å². The van der Waals surface area contributed by atoms with Gasteiger partial charge in [0.2, 0.25) is 0 Å². The monoisotopic (exact) mass is 495 g/mol. The number of halogens is 2. The molecule has 1 aliphatic rings. The molecular weight excluding hydrogens is 473 g/mol. The summed E-state index contributed by atoms with van der Waals surface area (Å²) in [5.74, 6) is -1.40. The summed E-state index contributed by atoms with van der Waals surface area (Å²) in [7, 11) is 1.51. The Morgan fingerprint density at radius 3 is 2.34 bits per heavy atom. The SMILES string of the molecule is CCOc1cc(C2/C(=C(/O)c3ccc(Cl)cc3)C(=O)C(=O)N2Cc2ccc(F)cc2)ccc1OC. The Kier molecular flexibility index (Phi) is 7.07. The number of nitrogens with zero attached hydrogens (tertiary/aromatic N) is 1. The molecule has 0 aromatic heterocycles. The smallest absolute Gasteiger partial charge is 0.295 e. The second kappa shape index (κ2) is 10.2. The van der Waals surface area contributed by atoms with E-state index in [9.17, 15) is 19.1 Å². The van der Waals surface area contributed by atoms with Crippen molar-refractivity contribution in [1.82, 2.24) is 4.90 Å². The van der Waals surface area contributed by atoms with Crippen LogP contribution in [0.2, 0.25) is 5.02 Å². The maximum Gasteiger partial charge on any atom is 0.295 e.